The van der Waals surface area contributed by atoms with E-state index < -0.39 is 49.6 Å². The zero-order chi connectivity index (χ0) is 25.4. The van der Waals surface area contributed by atoms with E-state index in [4.69, 9.17) is 4.74 Å². The first-order chi connectivity index (χ1) is 16.4. The van der Waals surface area contributed by atoms with Crippen LogP contribution in [0.4, 0.5) is 36.4 Å². The smallest absolute Gasteiger partial charge is 0.422 e. The van der Waals surface area contributed by atoms with E-state index >= 15 is 0 Å². The zero-order valence-electron chi connectivity index (χ0n) is 17.9. The Bertz CT molecular complexity index is 1060. The lowest BCUT2D eigenvalue weighted by molar-refractivity contribution is -0.182. The summed E-state index contributed by atoms with van der Waals surface area (Å²) in [6.45, 7) is -2.89. The molecular weight excluding hydrogens is 487 g/mol. The van der Waals surface area contributed by atoms with Crippen molar-refractivity contribution in [2.75, 3.05) is 31.3 Å². The maximum absolute atomic E-state index is 13.8. The van der Waals surface area contributed by atoms with E-state index in [9.17, 15) is 35.8 Å². The maximum atomic E-state index is 13.8. The largest absolute Gasteiger partial charge is 0.484 e. The Labute approximate surface area is 195 Å². The predicted molar refractivity (Wildman–Crippen MR) is 111 cm³/mol. The van der Waals surface area contributed by atoms with E-state index in [2.05, 4.69) is 15.0 Å². The van der Waals surface area contributed by atoms with Gasteiger partial charge in [0.2, 0.25) is 0 Å². The van der Waals surface area contributed by atoms with Gasteiger partial charge in [0.15, 0.2) is 12.8 Å². The number of aliphatic hydroxyl groups excluding tert-OH is 1. The van der Waals surface area contributed by atoms with Crippen LogP contribution in [-0.2, 0) is 4.74 Å². The highest BCUT2D eigenvalue weighted by atomic mass is 19.4. The highest BCUT2D eigenvalue weighted by Crippen LogP contribution is 2.35. The minimum atomic E-state index is -4.60. The molecule has 3 aliphatic rings. The number of hydrogen-bond donors (Lipinski definition) is 2. The number of hydrogen-bond acceptors (Lipinski definition) is 6. The van der Waals surface area contributed by atoms with Crippen LogP contribution in [0.25, 0.3) is 0 Å². The van der Waals surface area contributed by atoms with Crippen LogP contribution >= 0.6 is 0 Å². The quantitative estimate of drug-likeness (QED) is 0.570. The molecule has 13 heteroatoms. The molecule has 190 valence electrons. The van der Waals surface area contributed by atoms with Crippen molar-refractivity contribution in [1.82, 2.24) is 5.32 Å². The van der Waals surface area contributed by atoms with Crippen molar-refractivity contribution in [3.05, 3.63) is 59.6 Å². The van der Waals surface area contributed by atoms with Crippen LogP contribution in [0.5, 0.6) is 5.75 Å². The van der Waals surface area contributed by atoms with Crippen molar-refractivity contribution >= 4 is 11.4 Å². The number of aliphatic hydroxyl groups is 1. The minimum Gasteiger partial charge on any atom is -0.484 e. The molecule has 0 saturated carbocycles. The Kier molecular flexibility index (Phi) is 6.82. The lowest BCUT2D eigenvalue weighted by Gasteiger charge is -2.29. The van der Waals surface area contributed by atoms with Crippen molar-refractivity contribution in [2.45, 2.75) is 24.7 Å². The lowest BCUT2D eigenvalue weighted by Crippen LogP contribution is -2.37. The van der Waals surface area contributed by atoms with Gasteiger partial charge >= 0.3 is 12.4 Å². The molecule has 2 N–H and O–H groups in total. The number of rotatable bonds is 6. The summed E-state index contributed by atoms with van der Waals surface area (Å²) in [7, 11) is 0. The number of nitrogens with zero attached hydrogens (tertiary/aromatic N) is 2. The molecule has 0 saturated heterocycles. The van der Waals surface area contributed by atoms with Gasteiger partial charge in [0, 0.05) is 23.7 Å². The second-order valence-corrected chi connectivity index (χ2v) is 8.00. The normalized spacial score (nSPS) is 24.7. The topological polar surface area (TPSA) is 66.3 Å². The summed E-state index contributed by atoms with van der Waals surface area (Å²) in [5.74, 6) is -1.57. The Morgan fingerprint density at radius 3 is 2.40 bits per heavy atom. The van der Waals surface area contributed by atoms with Crippen LogP contribution in [0.2, 0.25) is 0 Å². The maximum Gasteiger partial charge on any atom is 0.422 e. The molecule has 2 heterocycles. The molecule has 4 rings (SSSR count). The van der Waals surface area contributed by atoms with E-state index in [-0.39, 0.29) is 19.0 Å². The van der Waals surface area contributed by atoms with E-state index in [0.717, 1.165) is 12.2 Å². The third-order valence-electron chi connectivity index (χ3n) is 5.50. The fourth-order valence-corrected chi connectivity index (χ4v) is 4.02. The summed E-state index contributed by atoms with van der Waals surface area (Å²) in [6, 6.07) is 5.59. The van der Waals surface area contributed by atoms with Crippen molar-refractivity contribution in [2.24, 2.45) is 10.9 Å². The van der Waals surface area contributed by atoms with E-state index in [1.807, 2.05) is 0 Å². The molecule has 0 fully saturated rings. The average molecular weight is 507 g/mol. The number of nitrogens with one attached hydrogen (secondary N) is 1. The van der Waals surface area contributed by atoms with Gasteiger partial charge in [-0.15, -0.1) is 0 Å². The van der Waals surface area contributed by atoms with Crippen LogP contribution in [0.3, 0.4) is 0 Å². The molecule has 0 spiro atoms. The van der Waals surface area contributed by atoms with Gasteiger partial charge in [-0.25, -0.2) is 4.39 Å². The summed E-state index contributed by atoms with van der Waals surface area (Å²) >= 11 is 0. The van der Waals surface area contributed by atoms with Crippen LogP contribution in [-0.4, -0.2) is 61.9 Å². The molecule has 0 bridgehead atoms. The van der Waals surface area contributed by atoms with Crippen molar-refractivity contribution < 1.29 is 45.3 Å². The van der Waals surface area contributed by atoms with E-state index in [1.54, 1.807) is 0 Å². The summed E-state index contributed by atoms with van der Waals surface area (Å²) < 4.78 is 98.6. The lowest BCUT2D eigenvalue weighted by atomic mass is 9.87. The first-order valence-corrected chi connectivity index (χ1v) is 10.4. The summed E-state index contributed by atoms with van der Waals surface area (Å²) in [5, 5.41) is 13.8. The molecule has 35 heavy (non-hydrogen) atoms. The molecule has 0 amide bonds. The standard InChI is InChI=1S/C22H20F7N3O3/c23-12-1-6-15(17(7-12)35-10-22(27,28)29)18-16-8-32(20(33)19(16)31-11-30-18)13-2-4-14(5-3-13)34-9-21(24,25)26/h1-7,15,17,20,31,33H,8-11H2. The second-order valence-electron chi connectivity index (χ2n) is 8.00. The molecule has 0 aromatic heterocycles. The van der Waals surface area contributed by atoms with Gasteiger partial charge in [0.05, 0.1) is 17.5 Å². The first-order valence-electron chi connectivity index (χ1n) is 10.4. The fraction of sp³-hybridized carbons (Fsp3) is 0.409. The minimum absolute atomic E-state index is 0.0105. The number of benzene rings is 1. The van der Waals surface area contributed by atoms with Gasteiger partial charge in [0.25, 0.3) is 0 Å². The Balaban J connectivity index is 1.51. The highest BCUT2D eigenvalue weighted by molar-refractivity contribution is 6.06. The number of anilines is 1. The number of ether oxygens (including phenoxy) is 2. The summed E-state index contributed by atoms with van der Waals surface area (Å²) in [6.07, 6.45) is -8.09. The van der Waals surface area contributed by atoms with Crippen LogP contribution in [0.1, 0.15) is 0 Å². The Morgan fingerprint density at radius 1 is 1.06 bits per heavy atom. The van der Waals surface area contributed by atoms with Gasteiger partial charge in [-0.2, -0.15) is 26.3 Å². The summed E-state index contributed by atoms with van der Waals surface area (Å²) in [5.41, 5.74) is 1.69. The van der Waals surface area contributed by atoms with Crippen molar-refractivity contribution in [1.29, 1.82) is 0 Å². The predicted octanol–water partition coefficient (Wildman–Crippen LogP) is 4.01. The Morgan fingerprint density at radius 2 is 1.74 bits per heavy atom. The van der Waals surface area contributed by atoms with Gasteiger partial charge in [-0.1, -0.05) is 6.08 Å². The highest BCUT2D eigenvalue weighted by Gasteiger charge is 2.40. The third kappa shape index (κ3) is 5.96. The van der Waals surface area contributed by atoms with E-state index in [0.29, 0.717) is 22.7 Å². The van der Waals surface area contributed by atoms with Crippen molar-refractivity contribution in [3.63, 3.8) is 0 Å². The first kappa shape index (κ1) is 25.0. The Hall–Kier alpha value is -3.06. The molecule has 1 aromatic carbocycles. The molecule has 2 aliphatic heterocycles. The number of aliphatic imine (C=N–C) groups is 1. The van der Waals surface area contributed by atoms with Gasteiger partial charge in [-0.05, 0) is 36.4 Å². The van der Waals surface area contributed by atoms with Gasteiger partial charge < -0.3 is 24.8 Å². The number of alkyl halides is 6. The van der Waals surface area contributed by atoms with Crippen molar-refractivity contribution in [3.8, 4) is 5.75 Å². The molecule has 6 nitrogen and oxygen atoms in total. The molecular formula is C22H20F7N3O3. The number of halogens is 7. The van der Waals surface area contributed by atoms with Gasteiger partial charge in [0.1, 0.15) is 24.9 Å². The van der Waals surface area contributed by atoms with Crippen LogP contribution in [0.15, 0.2) is 64.6 Å². The number of allylic oxidation sites excluding steroid dienone is 2. The fourth-order valence-electron chi connectivity index (χ4n) is 4.02. The molecule has 1 aliphatic carbocycles. The molecule has 0 radical (unpaired) electrons. The van der Waals surface area contributed by atoms with Gasteiger partial charge in [-0.3, -0.25) is 4.99 Å². The van der Waals surface area contributed by atoms with Crippen LogP contribution < -0.4 is 15.0 Å². The van der Waals surface area contributed by atoms with E-state index in [1.165, 1.54) is 35.2 Å². The third-order valence-corrected chi connectivity index (χ3v) is 5.50. The molecule has 1 aromatic rings. The molecule has 3 atom stereocenters. The average Bonchev–Trinajstić information content (AvgIpc) is 3.13. The monoisotopic (exact) mass is 507 g/mol. The van der Waals surface area contributed by atoms with Crippen LogP contribution in [0, 0.1) is 5.92 Å². The summed E-state index contributed by atoms with van der Waals surface area (Å²) in [4.78, 5) is 5.89. The zero-order valence-corrected chi connectivity index (χ0v) is 17.9. The molecule has 3 unspecified atom stereocenters. The second kappa shape index (κ2) is 9.53. The SMILES string of the molecule is OC1C2=C(CN1c1ccc(OCC(F)(F)F)cc1)C(C1C=CC(F)=CC1OCC(F)(F)F)=NCN2.